The molecule has 0 aromatic heterocycles. The normalized spacial score (nSPS) is 16.7. The van der Waals surface area contributed by atoms with Crippen LogP contribution in [0.15, 0.2) is 24.3 Å². The quantitative estimate of drug-likeness (QED) is 0.743. The zero-order valence-corrected chi connectivity index (χ0v) is 8.22. The molecule has 13 heavy (non-hydrogen) atoms. The van der Waals surface area contributed by atoms with Crippen LogP contribution >= 0.6 is 0 Å². The molecule has 1 aromatic rings. The van der Waals surface area contributed by atoms with Gasteiger partial charge in [-0.15, -0.1) is 0 Å². The van der Waals surface area contributed by atoms with Crippen LogP contribution < -0.4 is 5.32 Å². The first-order valence-electron chi connectivity index (χ1n) is 5.15. The summed E-state index contributed by atoms with van der Waals surface area (Å²) < 4.78 is 0. The molecule has 0 heterocycles. The molecule has 1 aliphatic carbocycles. The minimum atomic E-state index is 0.931. The number of nitrogens with one attached hydrogen (secondary N) is 1. The van der Waals surface area contributed by atoms with Gasteiger partial charge in [0, 0.05) is 12.2 Å². The van der Waals surface area contributed by atoms with Gasteiger partial charge >= 0.3 is 0 Å². The van der Waals surface area contributed by atoms with Crippen molar-refractivity contribution in [2.45, 2.75) is 26.2 Å². The second-order valence-corrected chi connectivity index (χ2v) is 4.05. The Kier molecular flexibility index (Phi) is 2.53. The molecule has 1 heteroatoms. The predicted octanol–water partition coefficient (Wildman–Crippen LogP) is 3.21. The van der Waals surface area contributed by atoms with Crippen molar-refractivity contribution < 1.29 is 0 Å². The van der Waals surface area contributed by atoms with E-state index in [2.05, 4.69) is 36.5 Å². The van der Waals surface area contributed by atoms with E-state index in [0.717, 1.165) is 12.5 Å². The van der Waals surface area contributed by atoms with E-state index < -0.39 is 0 Å². The molecule has 0 bridgehead atoms. The summed E-state index contributed by atoms with van der Waals surface area (Å²) in [5, 5.41) is 3.49. The first kappa shape index (κ1) is 8.61. The summed E-state index contributed by atoms with van der Waals surface area (Å²) in [6.45, 7) is 3.29. The van der Waals surface area contributed by atoms with E-state index in [-0.39, 0.29) is 0 Å². The van der Waals surface area contributed by atoms with E-state index in [0.29, 0.717) is 0 Å². The Morgan fingerprint density at radius 3 is 2.85 bits per heavy atom. The molecule has 0 atom stereocenters. The second kappa shape index (κ2) is 3.82. The lowest BCUT2D eigenvalue weighted by Gasteiger charge is -2.25. The Bertz CT molecular complexity index is 276. The standard InChI is InChI=1S/C12H17N/c1-10-4-2-7-12(8-10)13-9-11-5-3-6-11/h2,4,7-8,11,13H,3,5-6,9H2,1H3. The van der Waals surface area contributed by atoms with Crippen molar-refractivity contribution in [2.75, 3.05) is 11.9 Å². The van der Waals surface area contributed by atoms with Gasteiger partial charge in [-0.05, 0) is 43.4 Å². The van der Waals surface area contributed by atoms with Crippen LogP contribution in [0, 0.1) is 12.8 Å². The molecule has 1 N–H and O–H groups in total. The maximum absolute atomic E-state index is 3.49. The predicted molar refractivity (Wildman–Crippen MR) is 57.0 cm³/mol. The van der Waals surface area contributed by atoms with Crippen molar-refractivity contribution in [1.82, 2.24) is 0 Å². The van der Waals surface area contributed by atoms with E-state index in [4.69, 9.17) is 0 Å². The molecule has 1 aliphatic rings. The molecule has 1 fully saturated rings. The number of benzene rings is 1. The van der Waals surface area contributed by atoms with E-state index >= 15 is 0 Å². The average molecular weight is 175 g/mol. The van der Waals surface area contributed by atoms with E-state index in [1.807, 2.05) is 0 Å². The van der Waals surface area contributed by atoms with Gasteiger partial charge in [0.15, 0.2) is 0 Å². The first-order chi connectivity index (χ1) is 6.34. The Balaban J connectivity index is 1.86. The number of hydrogen-bond donors (Lipinski definition) is 1. The Labute approximate surface area is 80.2 Å². The molecular weight excluding hydrogens is 158 g/mol. The van der Waals surface area contributed by atoms with Gasteiger partial charge in [-0.25, -0.2) is 0 Å². The molecule has 0 radical (unpaired) electrons. The SMILES string of the molecule is Cc1cccc(NCC2CCC2)c1. The molecule has 0 saturated heterocycles. The zero-order chi connectivity index (χ0) is 9.10. The molecule has 1 saturated carbocycles. The summed E-state index contributed by atoms with van der Waals surface area (Å²) >= 11 is 0. The fourth-order valence-electron chi connectivity index (χ4n) is 1.71. The van der Waals surface area contributed by atoms with Crippen molar-refractivity contribution >= 4 is 5.69 Å². The van der Waals surface area contributed by atoms with Crippen LogP contribution in [0.1, 0.15) is 24.8 Å². The highest BCUT2D eigenvalue weighted by Gasteiger charge is 2.16. The van der Waals surface area contributed by atoms with E-state index in [9.17, 15) is 0 Å². The van der Waals surface area contributed by atoms with Crippen molar-refractivity contribution in [3.63, 3.8) is 0 Å². The van der Waals surface area contributed by atoms with E-state index in [1.165, 1.54) is 30.5 Å². The maximum Gasteiger partial charge on any atom is 0.0342 e. The molecule has 1 aromatic carbocycles. The lowest BCUT2D eigenvalue weighted by molar-refractivity contribution is 0.333. The van der Waals surface area contributed by atoms with E-state index in [1.54, 1.807) is 0 Å². The molecular formula is C12H17N. The minimum Gasteiger partial charge on any atom is -0.385 e. The second-order valence-electron chi connectivity index (χ2n) is 4.05. The fourth-order valence-corrected chi connectivity index (χ4v) is 1.71. The highest BCUT2D eigenvalue weighted by Crippen LogP contribution is 2.26. The van der Waals surface area contributed by atoms with Crippen molar-refractivity contribution in [1.29, 1.82) is 0 Å². The summed E-state index contributed by atoms with van der Waals surface area (Å²) in [6, 6.07) is 8.59. The monoisotopic (exact) mass is 175 g/mol. The molecule has 0 aliphatic heterocycles. The van der Waals surface area contributed by atoms with Gasteiger partial charge in [-0.3, -0.25) is 0 Å². The summed E-state index contributed by atoms with van der Waals surface area (Å²) in [7, 11) is 0. The van der Waals surface area contributed by atoms with Gasteiger partial charge in [-0.1, -0.05) is 18.6 Å². The molecule has 0 unspecified atom stereocenters. The Morgan fingerprint density at radius 1 is 1.38 bits per heavy atom. The lowest BCUT2D eigenvalue weighted by atomic mass is 9.85. The molecule has 70 valence electrons. The Hall–Kier alpha value is -0.980. The van der Waals surface area contributed by atoms with Crippen LogP contribution in [0.3, 0.4) is 0 Å². The number of aryl methyl sites for hydroxylation is 1. The summed E-state index contributed by atoms with van der Waals surface area (Å²) in [4.78, 5) is 0. The van der Waals surface area contributed by atoms with Gasteiger partial charge in [0.2, 0.25) is 0 Å². The van der Waals surface area contributed by atoms with Crippen LogP contribution in [-0.2, 0) is 0 Å². The average Bonchev–Trinajstić information content (AvgIpc) is 2.01. The van der Waals surface area contributed by atoms with Gasteiger partial charge in [0.05, 0.1) is 0 Å². The Morgan fingerprint density at radius 2 is 2.23 bits per heavy atom. The number of rotatable bonds is 3. The zero-order valence-electron chi connectivity index (χ0n) is 8.22. The smallest absolute Gasteiger partial charge is 0.0342 e. The first-order valence-corrected chi connectivity index (χ1v) is 5.15. The fraction of sp³-hybridized carbons (Fsp3) is 0.500. The summed E-state index contributed by atoms with van der Waals surface area (Å²) in [6.07, 6.45) is 4.26. The van der Waals surface area contributed by atoms with Crippen LogP contribution in [0.2, 0.25) is 0 Å². The van der Waals surface area contributed by atoms with Crippen LogP contribution in [0.5, 0.6) is 0 Å². The maximum atomic E-state index is 3.49. The van der Waals surface area contributed by atoms with Gasteiger partial charge in [-0.2, -0.15) is 0 Å². The number of anilines is 1. The third-order valence-electron chi connectivity index (χ3n) is 2.84. The van der Waals surface area contributed by atoms with Crippen LogP contribution in [0.4, 0.5) is 5.69 Å². The van der Waals surface area contributed by atoms with Gasteiger partial charge < -0.3 is 5.32 Å². The highest BCUT2D eigenvalue weighted by molar-refractivity contribution is 5.45. The molecule has 1 nitrogen and oxygen atoms in total. The topological polar surface area (TPSA) is 12.0 Å². The lowest BCUT2D eigenvalue weighted by Crippen LogP contribution is -2.20. The third kappa shape index (κ3) is 2.24. The van der Waals surface area contributed by atoms with Crippen LogP contribution in [-0.4, -0.2) is 6.54 Å². The highest BCUT2D eigenvalue weighted by atomic mass is 14.9. The third-order valence-corrected chi connectivity index (χ3v) is 2.84. The van der Waals surface area contributed by atoms with Crippen molar-refractivity contribution in [3.8, 4) is 0 Å². The van der Waals surface area contributed by atoms with Crippen LogP contribution in [0.25, 0.3) is 0 Å². The summed E-state index contributed by atoms with van der Waals surface area (Å²) in [5.41, 5.74) is 2.60. The molecule has 0 amide bonds. The van der Waals surface area contributed by atoms with Crippen molar-refractivity contribution in [3.05, 3.63) is 29.8 Å². The van der Waals surface area contributed by atoms with Gasteiger partial charge in [0.25, 0.3) is 0 Å². The summed E-state index contributed by atoms with van der Waals surface area (Å²) in [5.74, 6) is 0.931. The molecule has 2 rings (SSSR count). The molecule has 0 spiro atoms. The number of hydrogen-bond acceptors (Lipinski definition) is 1. The largest absolute Gasteiger partial charge is 0.385 e. The minimum absolute atomic E-state index is 0.931. The van der Waals surface area contributed by atoms with Crippen molar-refractivity contribution in [2.24, 2.45) is 5.92 Å². The van der Waals surface area contributed by atoms with Gasteiger partial charge in [0.1, 0.15) is 0 Å².